The summed E-state index contributed by atoms with van der Waals surface area (Å²) in [7, 11) is 2.14. The molecule has 1 aromatic rings. The summed E-state index contributed by atoms with van der Waals surface area (Å²) in [5, 5.41) is 0. The van der Waals surface area contributed by atoms with E-state index in [1.54, 1.807) is 0 Å². The second-order valence-electron chi connectivity index (χ2n) is 6.27. The number of nitrogens with zero attached hydrogens (tertiary/aromatic N) is 2. The minimum absolute atomic E-state index is 0.0533. The van der Waals surface area contributed by atoms with Crippen LogP contribution in [0.3, 0.4) is 0 Å². The molecule has 1 fully saturated rings. The highest BCUT2D eigenvalue weighted by Crippen LogP contribution is 2.28. The van der Waals surface area contributed by atoms with Crippen molar-refractivity contribution in [3.63, 3.8) is 0 Å². The van der Waals surface area contributed by atoms with Crippen LogP contribution in [0.1, 0.15) is 32.4 Å². The third-order valence-electron chi connectivity index (χ3n) is 4.34. The van der Waals surface area contributed by atoms with Gasteiger partial charge in [-0.1, -0.05) is 30.3 Å². The zero-order chi connectivity index (χ0) is 15.5. The van der Waals surface area contributed by atoms with E-state index in [4.69, 9.17) is 4.74 Å². The molecule has 1 aliphatic rings. The van der Waals surface area contributed by atoms with Crippen LogP contribution in [-0.4, -0.2) is 54.6 Å². The van der Waals surface area contributed by atoms with Crippen molar-refractivity contribution in [2.75, 3.05) is 33.3 Å². The lowest BCUT2D eigenvalue weighted by atomic mass is 9.96. The minimum atomic E-state index is -0.306. The molecule has 1 aliphatic heterocycles. The van der Waals surface area contributed by atoms with Gasteiger partial charge in [0.05, 0.1) is 6.61 Å². The van der Waals surface area contributed by atoms with Gasteiger partial charge in [-0.3, -0.25) is 9.80 Å². The molecule has 116 valence electrons. The average Bonchev–Trinajstić information content (AvgIpc) is 2.44. The van der Waals surface area contributed by atoms with E-state index in [0.717, 1.165) is 25.2 Å². The SMILES string of the molecule is CCOC(=O)C(c1ccccc1)N1CCN(C)C(C)(C)C1. The van der Waals surface area contributed by atoms with Crippen molar-refractivity contribution in [1.29, 1.82) is 0 Å². The molecular formula is C17H26N2O2. The summed E-state index contributed by atoms with van der Waals surface area (Å²) in [5.74, 6) is -0.149. The van der Waals surface area contributed by atoms with Crippen LogP contribution in [0, 0.1) is 0 Å². The predicted molar refractivity (Wildman–Crippen MR) is 84.1 cm³/mol. The number of carbonyl (C=O) groups is 1. The number of benzene rings is 1. The topological polar surface area (TPSA) is 32.8 Å². The first kappa shape index (κ1) is 16.0. The van der Waals surface area contributed by atoms with E-state index in [-0.39, 0.29) is 17.6 Å². The van der Waals surface area contributed by atoms with Crippen molar-refractivity contribution in [2.24, 2.45) is 0 Å². The van der Waals surface area contributed by atoms with Gasteiger partial charge in [-0.2, -0.15) is 0 Å². The van der Waals surface area contributed by atoms with Gasteiger partial charge >= 0.3 is 5.97 Å². The molecule has 0 aromatic heterocycles. The number of hydrogen-bond acceptors (Lipinski definition) is 4. The lowest BCUT2D eigenvalue weighted by molar-refractivity contribution is -0.151. The lowest BCUT2D eigenvalue weighted by Gasteiger charge is -2.47. The zero-order valence-electron chi connectivity index (χ0n) is 13.5. The Kier molecular flexibility index (Phi) is 5.01. The van der Waals surface area contributed by atoms with Crippen LogP contribution in [-0.2, 0) is 9.53 Å². The molecule has 21 heavy (non-hydrogen) atoms. The monoisotopic (exact) mass is 290 g/mol. The van der Waals surface area contributed by atoms with Gasteiger partial charge in [0.25, 0.3) is 0 Å². The molecule has 0 aliphatic carbocycles. The van der Waals surface area contributed by atoms with E-state index in [1.807, 2.05) is 37.3 Å². The summed E-state index contributed by atoms with van der Waals surface area (Å²) < 4.78 is 5.31. The highest BCUT2D eigenvalue weighted by atomic mass is 16.5. The molecule has 1 heterocycles. The maximum absolute atomic E-state index is 12.5. The molecule has 0 saturated carbocycles. The summed E-state index contributed by atoms with van der Waals surface area (Å²) in [6.45, 7) is 9.38. The summed E-state index contributed by atoms with van der Waals surface area (Å²) in [4.78, 5) is 17.0. The van der Waals surface area contributed by atoms with Gasteiger partial charge in [0.15, 0.2) is 0 Å². The van der Waals surface area contributed by atoms with Crippen molar-refractivity contribution in [2.45, 2.75) is 32.4 Å². The van der Waals surface area contributed by atoms with Gasteiger partial charge in [-0.25, -0.2) is 4.79 Å². The highest BCUT2D eigenvalue weighted by molar-refractivity contribution is 5.77. The van der Waals surface area contributed by atoms with E-state index in [2.05, 4.69) is 30.7 Å². The van der Waals surface area contributed by atoms with Crippen LogP contribution >= 0.6 is 0 Å². The standard InChI is InChI=1S/C17H26N2O2/c1-5-21-16(20)15(14-9-7-6-8-10-14)19-12-11-18(4)17(2,3)13-19/h6-10,15H,5,11-13H2,1-4H3. The van der Waals surface area contributed by atoms with Crippen LogP contribution in [0.25, 0.3) is 0 Å². The number of ether oxygens (including phenoxy) is 1. The molecule has 0 amide bonds. The second-order valence-corrected chi connectivity index (χ2v) is 6.27. The first-order valence-electron chi connectivity index (χ1n) is 7.62. The molecule has 0 bridgehead atoms. The van der Waals surface area contributed by atoms with Crippen LogP contribution < -0.4 is 0 Å². The zero-order valence-corrected chi connectivity index (χ0v) is 13.5. The van der Waals surface area contributed by atoms with Crippen molar-refractivity contribution in [3.05, 3.63) is 35.9 Å². The van der Waals surface area contributed by atoms with Crippen LogP contribution in [0.5, 0.6) is 0 Å². The molecule has 1 aromatic carbocycles. The van der Waals surface area contributed by atoms with Gasteiger partial charge in [0.2, 0.25) is 0 Å². The third kappa shape index (κ3) is 3.63. The average molecular weight is 290 g/mol. The van der Waals surface area contributed by atoms with Crippen LogP contribution in [0.15, 0.2) is 30.3 Å². The Morgan fingerprint density at radius 3 is 2.52 bits per heavy atom. The summed E-state index contributed by atoms with van der Waals surface area (Å²) >= 11 is 0. The van der Waals surface area contributed by atoms with E-state index < -0.39 is 0 Å². The van der Waals surface area contributed by atoms with Gasteiger partial charge in [0.1, 0.15) is 6.04 Å². The fourth-order valence-electron chi connectivity index (χ4n) is 2.85. The molecule has 0 N–H and O–H groups in total. The van der Waals surface area contributed by atoms with Gasteiger partial charge in [-0.05, 0) is 33.4 Å². The van der Waals surface area contributed by atoms with Gasteiger partial charge in [-0.15, -0.1) is 0 Å². The molecule has 4 heteroatoms. The Bertz CT molecular complexity index is 473. The summed E-state index contributed by atoms with van der Waals surface area (Å²) in [5.41, 5.74) is 1.06. The molecular weight excluding hydrogens is 264 g/mol. The molecule has 1 atom stereocenters. The number of piperazine rings is 1. The Labute approximate surface area is 127 Å². The minimum Gasteiger partial charge on any atom is -0.465 e. The highest BCUT2D eigenvalue weighted by Gasteiger charge is 2.37. The Morgan fingerprint density at radius 2 is 1.95 bits per heavy atom. The second kappa shape index (κ2) is 6.58. The van der Waals surface area contributed by atoms with Crippen molar-refractivity contribution < 1.29 is 9.53 Å². The summed E-state index contributed by atoms with van der Waals surface area (Å²) in [6, 6.07) is 9.63. The van der Waals surface area contributed by atoms with E-state index in [1.165, 1.54) is 0 Å². The molecule has 0 spiro atoms. The molecule has 0 radical (unpaired) electrons. The van der Waals surface area contributed by atoms with Gasteiger partial charge in [0, 0.05) is 25.2 Å². The lowest BCUT2D eigenvalue weighted by Crippen LogP contribution is -2.59. The van der Waals surface area contributed by atoms with Crippen molar-refractivity contribution in [3.8, 4) is 0 Å². The normalized spacial score (nSPS) is 21.0. The first-order chi connectivity index (χ1) is 9.95. The third-order valence-corrected chi connectivity index (χ3v) is 4.34. The van der Waals surface area contributed by atoms with Crippen molar-refractivity contribution in [1.82, 2.24) is 9.80 Å². The summed E-state index contributed by atoms with van der Waals surface area (Å²) in [6.07, 6.45) is 0. The number of rotatable bonds is 4. The van der Waals surface area contributed by atoms with E-state index in [9.17, 15) is 4.79 Å². The number of hydrogen-bond donors (Lipinski definition) is 0. The number of carbonyl (C=O) groups excluding carboxylic acids is 1. The Morgan fingerprint density at radius 1 is 1.29 bits per heavy atom. The maximum Gasteiger partial charge on any atom is 0.328 e. The molecule has 1 unspecified atom stereocenters. The maximum atomic E-state index is 12.5. The predicted octanol–water partition coefficient (Wildman–Crippen LogP) is 2.32. The van der Waals surface area contributed by atoms with E-state index in [0.29, 0.717) is 6.61 Å². The Balaban J connectivity index is 2.26. The molecule has 1 saturated heterocycles. The molecule has 2 rings (SSSR count). The Hall–Kier alpha value is -1.39. The molecule has 4 nitrogen and oxygen atoms in total. The van der Waals surface area contributed by atoms with E-state index >= 15 is 0 Å². The van der Waals surface area contributed by atoms with Crippen LogP contribution in [0.4, 0.5) is 0 Å². The first-order valence-corrected chi connectivity index (χ1v) is 7.62. The fraction of sp³-hybridized carbons (Fsp3) is 0.588. The van der Waals surface area contributed by atoms with Gasteiger partial charge < -0.3 is 4.74 Å². The number of likely N-dealkylation sites (N-methyl/N-ethyl adjacent to an activating group) is 1. The smallest absolute Gasteiger partial charge is 0.328 e. The largest absolute Gasteiger partial charge is 0.465 e. The quantitative estimate of drug-likeness (QED) is 0.797. The van der Waals surface area contributed by atoms with Crippen LogP contribution in [0.2, 0.25) is 0 Å². The van der Waals surface area contributed by atoms with Crippen molar-refractivity contribution >= 4 is 5.97 Å². The fourth-order valence-corrected chi connectivity index (χ4v) is 2.85. The number of esters is 1.